The van der Waals surface area contributed by atoms with E-state index in [-0.39, 0.29) is 5.91 Å². The monoisotopic (exact) mass is 312 g/mol. The number of hydrogen-bond donors (Lipinski definition) is 2. The second-order valence-electron chi connectivity index (χ2n) is 5.17. The van der Waals surface area contributed by atoms with E-state index in [4.69, 9.17) is 21.1 Å². The van der Waals surface area contributed by atoms with Crippen molar-refractivity contribution in [2.75, 3.05) is 38.7 Å². The van der Waals surface area contributed by atoms with Crippen LogP contribution in [-0.2, 0) is 9.53 Å². The molecule has 1 unspecified atom stereocenters. The Morgan fingerprint density at radius 3 is 2.90 bits per heavy atom. The number of methoxy groups -OCH3 is 1. The predicted molar refractivity (Wildman–Crippen MR) is 83.0 cm³/mol. The summed E-state index contributed by atoms with van der Waals surface area (Å²) in [5, 5.41) is 6.62. The Labute approximate surface area is 130 Å². The van der Waals surface area contributed by atoms with Gasteiger partial charge >= 0.3 is 0 Å². The maximum atomic E-state index is 12.5. The van der Waals surface area contributed by atoms with Crippen molar-refractivity contribution in [3.05, 3.63) is 23.2 Å². The molecule has 1 saturated heterocycles. The summed E-state index contributed by atoms with van der Waals surface area (Å²) in [5.41, 5.74) is 0.149. The van der Waals surface area contributed by atoms with Gasteiger partial charge in [-0.25, -0.2) is 0 Å². The van der Waals surface area contributed by atoms with E-state index in [2.05, 4.69) is 10.6 Å². The fourth-order valence-corrected chi connectivity index (χ4v) is 2.75. The number of amides is 1. The van der Waals surface area contributed by atoms with Crippen molar-refractivity contribution in [2.45, 2.75) is 13.3 Å². The summed E-state index contributed by atoms with van der Waals surface area (Å²) in [6.07, 6.45) is 0.761. The van der Waals surface area contributed by atoms with Gasteiger partial charge in [0.2, 0.25) is 5.91 Å². The van der Waals surface area contributed by atoms with Crippen LogP contribution in [0.5, 0.6) is 5.75 Å². The molecule has 2 N–H and O–H groups in total. The van der Waals surface area contributed by atoms with E-state index < -0.39 is 5.41 Å². The third-order valence-corrected chi connectivity index (χ3v) is 3.93. The third kappa shape index (κ3) is 3.67. The van der Waals surface area contributed by atoms with E-state index in [1.165, 1.54) is 0 Å². The summed E-state index contributed by atoms with van der Waals surface area (Å²) in [6.45, 7) is 4.29. The van der Waals surface area contributed by atoms with Crippen molar-refractivity contribution in [1.82, 2.24) is 5.32 Å². The van der Waals surface area contributed by atoms with Gasteiger partial charge in [0.25, 0.3) is 0 Å². The van der Waals surface area contributed by atoms with Crippen molar-refractivity contribution < 1.29 is 14.3 Å². The van der Waals surface area contributed by atoms with Gasteiger partial charge in [-0.3, -0.25) is 4.79 Å². The molecule has 1 heterocycles. The van der Waals surface area contributed by atoms with Crippen LogP contribution in [0.1, 0.15) is 13.3 Å². The van der Waals surface area contributed by atoms with E-state index >= 15 is 0 Å². The average Bonchev–Trinajstić information content (AvgIpc) is 2.92. The first kappa shape index (κ1) is 16.1. The lowest BCUT2D eigenvalue weighted by atomic mass is 9.87. The number of anilines is 1. The lowest BCUT2D eigenvalue weighted by molar-refractivity contribution is -0.127. The molecule has 1 aliphatic heterocycles. The highest BCUT2D eigenvalue weighted by Crippen LogP contribution is 2.31. The number of benzene rings is 1. The zero-order chi connectivity index (χ0) is 15.3. The molecule has 0 bridgehead atoms. The smallest absolute Gasteiger partial charge is 0.234 e. The molecular weight excluding hydrogens is 292 g/mol. The number of carbonyl (C=O) groups excluding carboxylic acids is 1. The molecule has 0 radical (unpaired) electrons. The topological polar surface area (TPSA) is 59.6 Å². The van der Waals surface area contributed by atoms with Gasteiger partial charge < -0.3 is 20.1 Å². The summed E-state index contributed by atoms with van der Waals surface area (Å²) in [4.78, 5) is 12.5. The lowest BCUT2D eigenvalue weighted by Gasteiger charge is -2.26. The molecule has 0 spiro atoms. The molecule has 0 saturated carbocycles. The van der Waals surface area contributed by atoms with Crippen molar-refractivity contribution in [2.24, 2.45) is 5.41 Å². The number of nitrogens with one attached hydrogen (secondary N) is 2. The van der Waals surface area contributed by atoms with Crippen LogP contribution in [0, 0.1) is 5.41 Å². The molecule has 1 aliphatic rings. The van der Waals surface area contributed by atoms with E-state index in [9.17, 15) is 4.79 Å². The summed E-state index contributed by atoms with van der Waals surface area (Å²) < 4.78 is 10.6. The Morgan fingerprint density at radius 1 is 1.52 bits per heavy atom. The molecule has 0 aromatic heterocycles. The van der Waals surface area contributed by atoms with Gasteiger partial charge in [-0.05, 0) is 38.1 Å². The first-order chi connectivity index (χ1) is 10.1. The van der Waals surface area contributed by atoms with Crippen LogP contribution in [0.25, 0.3) is 0 Å². The van der Waals surface area contributed by atoms with E-state index in [1.807, 2.05) is 6.92 Å². The second-order valence-corrected chi connectivity index (χ2v) is 5.58. The van der Waals surface area contributed by atoms with Crippen LogP contribution >= 0.6 is 11.6 Å². The molecule has 1 amide bonds. The highest BCUT2D eigenvalue weighted by atomic mass is 35.5. The fourth-order valence-electron chi connectivity index (χ4n) is 2.52. The van der Waals surface area contributed by atoms with Gasteiger partial charge in [-0.15, -0.1) is 0 Å². The quantitative estimate of drug-likeness (QED) is 0.846. The minimum atomic E-state index is -0.514. The lowest BCUT2D eigenvalue weighted by Crippen LogP contribution is -2.41. The molecule has 1 aromatic rings. The molecule has 21 heavy (non-hydrogen) atoms. The fraction of sp³-hybridized carbons (Fsp3) is 0.533. The molecular formula is C15H21ClN2O3. The number of rotatable bonds is 6. The zero-order valence-corrected chi connectivity index (χ0v) is 13.1. The van der Waals surface area contributed by atoms with Crippen LogP contribution < -0.4 is 15.4 Å². The minimum Gasteiger partial charge on any atom is -0.492 e. The van der Waals surface area contributed by atoms with Gasteiger partial charge in [0, 0.05) is 19.3 Å². The average molecular weight is 313 g/mol. The van der Waals surface area contributed by atoms with Crippen molar-refractivity contribution in [1.29, 1.82) is 0 Å². The molecule has 1 aromatic carbocycles. The van der Waals surface area contributed by atoms with Gasteiger partial charge in [0.1, 0.15) is 5.75 Å². The standard InChI is InChI=1S/C15H21ClN2O3/c1-3-21-13-5-4-11(8-12(13)16)18-14(19)15(10-20-2)6-7-17-9-15/h4-5,8,17H,3,6-7,9-10H2,1-2H3,(H,18,19). The largest absolute Gasteiger partial charge is 0.492 e. The maximum absolute atomic E-state index is 12.5. The molecule has 5 nitrogen and oxygen atoms in total. The maximum Gasteiger partial charge on any atom is 0.234 e. The summed E-state index contributed by atoms with van der Waals surface area (Å²) in [6, 6.07) is 5.25. The third-order valence-electron chi connectivity index (χ3n) is 3.64. The van der Waals surface area contributed by atoms with Gasteiger partial charge in [0.05, 0.1) is 23.7 Å². The molecule has 1 fully saturated rings. The van der Waals surface area contributed by atoms with Crippen LogP contribution in [0.2, 0.25) is 5.02 Å². The summed E-state index contributed by atoms with van der Waals surface area (Å²) >= 11 is 6.13. The normalized spacial score (nSPS) is 21.3. The molecule has 2 rings (SSSR count). The van der Waals surface area contributed by atoms with E-state index in [1.54, 1.807) is 25.3 Å². The Morgan fingerprint density at radius 2 is 2.33 bits per heavy atom. The van der Waals surface area contributed by atoms with Crippen molar-refractivity contribution in [3.63, 3.8) is 0 Å². The number of halogens is 1. The van der Waals surface area contributed by atoms with E-state index in [0.717, 1.165) is 13.0 Å². The van der Waals surface area contributed by atoms with E-state index in [0.29, 0.717) is 36.2 Å². The van der Waals surface area contributed by atoms with Crippen molar-refractivity contribution >= 4 is 23.2 Å². The number of ether oxygens (including phenoxy) is 2. The van der Waals surface area contributed by atoms with Crippen LogP contribution in [0.15, 0.2) is 18.2 Å². The molecule has 0 aliphatic carbocycles. The predicted octanol–water partition coefficient (Wildman–Crippen LogP) is 2.30. The SMILES string of the molecule is CCOc1ccc(NC(=O)C2(COC)CCNC2)cc1Cl. The first-order valence-electron chi connectivity index (χ1n) is 7.05. The van der Waals surface area contributed by atoms with Crippen LogP contribution in [0.4, 0.5) is 5.69 Å². The van der Waals surface area contributed by atoms with Crippen LogP contribution in [0.3, 0.4) is 0 Å². The minimum absolute atomic E-state index is 0.0467. The van der Waals surface area contributed by atoms with Gasteiger partial charge in [0.15, 0.2) is 0 Å². The first-order valence-corrected chi connectivity index (χ1v) is 7.42. The van der Waals surface area contributed by atoms with Crippen molar-refractivity contribution in [3.8, 4) is 5.75 Å². The van der Waals surface area contributed by atoms with Gasteiger partial charge in [-0.2, -0.15) is 0 Å². The molecule has 6 heteroatoms. The van der Waals surface area contributed by atoms with Gasteiger partial charge in [-0.1, -0.05) is 11.6 Å². The Kier molecular flexibility index (Phi) is 5.45. The Balaban J connectivity index is 2.10. The second kappa shape index (κ2) is 7.11. The highest BCUT2D eigenvalue weighted by molar-refractivity contribution is 6.32. The number of hydrogen-bond acceptors (Lipinski definition) is 4. The summed E-state index contributed by atoms with van der Waals surface area (Å²) in [7, 11) is 1.61. The Hall–Kier alpha value is -1.30. The Bertz CT molecular complexity index is 502. The zero-order valence-electron chi connectivity index (χ0n) is 12.4. The highest BCUT2D eigenvalue weighted by Gasteiger charge is 2.41. The molecule has 116 valence electrons. The molecule has 1 atom stereocenters. The number of carbonyl (C=O) groups is 1. The van der Waals surface area contributed by atoms with Crippen LogP contribution in [-0.4, -0.2) is 39.3 Å². The summed E-state index contributed by atoms with van der Waals surface area (Å²) in [5.74, 6) is 0.570.